The van der Waals surface area contributed by atoms with Gasteiger partial charge in [-0.3, -0.25) is 14.6 Å². The molecule has 166 valence electrons. The molecule has 2 aliphatic heterocycles. The second-order valence-electron chi connectivity index (χ2n) is 7.74. The molecule has 0 spiro atoms. The Morgan fingerprint density at radius 2 is 2.03 bits per heavy atom. The quantitative estimate of drug-likeness (QED) is 0.646. The molecule has 2 aromatic carbocycles. The number of rotatable bonds is 5. The fourth-order valence-corrected chi connectivity index (χ4v) is 4.55. The SMILES string of the molecule is CC[C@H](C)[C@H]1N=C2c3ccccc3N=C(S[C@@H](C)C(=O)Nc3ccc(Cl)cc3F)N2C1=O. The molecule has 0 saturated heterocycles. The summed E-state index contributed by atoms with van der Waals surface area (Å²) in [5, 5.41) is 2.55. The number of hydrogen-bond donors (Lipinski definition) is 1. The molecule has 0 fully saturated rings. The van der Waals surface area contributed by atoms with Gasteiger partial charge in [0.15, 0.2) is 5.17 Å². The van der Waals surface area contributed by atoms with Crippen molar-refractivity contribution in [2.75, 3.05) is 5.32 Å². The van der Waals surface area contributed by atoms with Gasteiger partial charge in [-0.1, -0.05) is 55.8 Å². The number of fused-ring (bicyclic) bond motifs is 3. The Hall–Kier alpha value is -2.71. The molecule has 4 rings (SSSR count). The van der Waals surface area contributed by atoms with Crippen LogP contribution in [0.25, 0.3) is 0 Å². The summed E-state index contributed by atoms with van der Waals surface area (Å²) in [6.45, 7) is 5.70. The number of para-hydroxylation sites is 1. The van der Waals surface area contributed by atoms with E-state index in [9.17, 15) is 14.0 Å². The van der Waals surface area contributed by atoms with E-state index in [2.05, 4.69) is 10.3 Å². The highest BCUT2D eigenvalue weighted by Gasteiger charge is 2.43. The molecule has 0 aromatic heterocycles. The lowest BCUT2D eigenvalue weighted by Crippen LogP contribution is -2.43. The van der Waals surface area contributed by atoms with Crippen molar-refractivity contribution in [3.05, 3.63) is 58.9 Å². The molecule has 1 N–H and O–H groups in total. The second kappa shape index (κ2) is 9.03. The fourth-order valence-electron chi connectivity index (χ4n) is 3.48. The highest BCUT2D eigenvalue weighted by atomic mass is 35.5. The highest BCUT2D eigenvalue weighted by molar-refractivity contribution is 8.15. The Morgan fingerprint density at radius 3 is 2.75 bits per heavy atom. The van der Waals surface area contributed by atoms with Gasteiger partial charge in [0, 0.05) is 10.6 Å². The fraction of sp³-hybridized carbons (Fsp3) is 0.304. The first-order chi connectivity index (χ1) is 15.3. The van der Waals surface area contributed by atoms with E-state index in [0.717, 1.165) is 29.8 Å². The third kappa shape index (κ3) is 4.17. The Morgan fingerprint density at radius 1 is 1.28 bits per heavy atom. The van der Waals surface area contributed by atoms with E-state index < -0.39 is 23.0 Å². The topological polar surface area (TPSA) is 74.1 Å². The molecule has 6 nitrogen and oxygen atoms in total. The molecular weight excluding hydrogens is 451 g/mol. The summed E-state index contributed by atoms with van der Waals surface area (Å²) >= 11 is 6.91. The van der Waals surface area contributed by atoms with E-state index in [1.165, 1.54) is 17.0 Å². The van der Waals surface area contributed by atoms with Crippen LogP contribution in [0.15, 0.2) is 52.4 Å². The first kappa shape index (κ1) is 22.5. The Labute approximate surface area is 195 Å². The maximum Gasteiger partial charge on any atom is 0.259 e. The molecule has 2 aliphatic rings. The molecule has 9 heteroatoms. The minimum atomic E-state index is -0.647. The van der Waals surface area contributed by atoms with E-state index in [1.54, 1.807) is 6.92 Å². The van der Waals surface area contributed by atoms with Crippen LogP contribution in [0.1, 0.15) is 32.8 Å². The van der Waals surface area contributed by atoms with Crippen molar-refractivity contribution in [2.24, 2.45) is 15.9 Å². The van der Waals surface area contributed by atoms with Gasteiger partial charge in [0.05, 0.1) is 16.6 Å². The standard InChI is InChI=1S/C23H22ClFN4O2S/c1-4-12(2)19-22(31)29-20(28-19)15-7-5-6-8-17(15)27-23(29)32-13(3)21(30)26-18-10-9-14(24)11-16(18)25/h5-13,19H,4H2,1-3H3,(H,26,30)/t12-,13-,19+/m0/s1. The van der Waals surface area contributed by atoms with Gasteiger partial charge in [0.2, 0.25) is 5.91 Å². The number of carbonyl (C=O) groups excluding carboxylic acids is 2. The van der Waals surface area contributed by atoms with E-state index >= 15 is 0 Å². The number of amidine groups is 2. The zero-order valence-electron chi connectivity index (χ0n) is 17.8. The molecular formula is C23H22ClFN4O2S. The van der Waals surface area contributed by atoms with Gasteiger partial charge >= 0.3 is 0 Å². The minimum absolute atomic E-state index is 0.0408. The lowest BCUT2D eigenvalue weighted by Gasteiger charge is -2.27. The molecule has 2 amide bonds. The van der Waals surface area contributed by atoms with Crippen molar-refractivity contribution in [3.63, 3.8) is 0 Å². The number of nitrogens with one attached hydrogen (secondary N) is 1. The lowest BCUT2D eigenvalue weighted by molar-refractivity contribution is -0.125. The average Bonchev–Trinajstić information content (AvgIpc) is 3.13. The van der Waals surface area contributed by atoms with Gasteiger partial charge in [-0.15, -0.1) is 0 Å². The van der Waals surface area contributed by atoms with Crippen LogP contribution in [0.4, 0.5) is 15.8 Å². The van der Waals surface area contributed by atoms with E-state index in [1.807, 2.05) is 38.1 Å². The summed E-state index contributed by atoms with van der Waals surface area (Å²) in [5.41, 5.74) is 1.52. The van der Waals surface area contributed by atoms with Gasteiger partial charge in [-0.2, -0.15) is 0 Å². The number of halogens is 2. The summed E-state index contributed by atoms with van der Waals surface area (Å²) in [4.78, 5) is 36.9. The van der Waals surface area contributed by atoms with Gasteiger partial charge in [-0.05, 0) is 43.2 Å². The molecule has 0 aliphatic carbocycles. The van der Waals surface area contributed by atoms with Crippen LogP contribution in [0.2, 0.25) is 5.02 Å². The number of thioether (sulfide) groups is 1. The number of anilines is 1. The van der Waals surface area contributed by atoms with Gasteiger partial charge < -0.3 is 5.32 Å². The minimum Gasteiger partial charge on any atom is -0.323 e. The number of carbonyl (C=O) groups is 2. The van der Waals surface area contributed by atoms with Crippen molar-refractivity contribution < 1.29 is 14.0 Å². The predicted molar refractivity (Wildman–Crippen MR) is 127 cm³/mol. The molecule has 2 aromatic rings. The lowest BCUT2D eigenvalue weighted by atomic mass is 10.00. The van der Waals surface area contributed by atoms with Gasteiger partial charge in [0.1, 0.15) is 17.7 Å². The monoisotopic (exact) mass is 472 g/mol. The number of hydrogen-bond acceptors (Lipinski definition) is 5. The van der Waals surface area contributed by atoms with E-state index in [4.69, 9.17) is 16.6 Å². The van der Waals surface area contributed by atoms with E-state index in [-0.39, 0.29) is 22.5 Å². The van der Waals surface area contributed by atoms with Crippen LogP contribution < -0.4 is 5.32 Å². The van der Waals surface area contributed by atoms with Gasteiger partial charge in [-0.25, -0.2) is 14.3 Å². The summed E-state index contributed by atoms with van der Waals surface area (Å²) in [7, 11) is 0. The Balaban J connectivity index is 1.60. The van der Waals surface area contributed by atoms with Crippen LogP contribution in [0.5, 0.6) is 0 Å². The molecule has 0 bridgehead atoms. The molecule has 0 radical (unpaired) electrons. The summed E-state index contributed by atoms with van der Waals surface area (Å²) in [6, 6.07) is 11.0. The van der Waals surface area contributed by atoms with Gasteiger partial charge in [0.25, 0.3) is 5.91 Å². The van der Waals surface area contributed by atoms with Crippen LogP contribution >= 0.6 is 23.4 Å². The summed E-state index contributed by atoms with van der Waals surface area (Å²) in [5.74, 6) is -0.544. The van der Waals surface area contributed by atoms with Crippen molar-refractivity contribution in [3.8, 4) is 0 Å². The number of nitrogens with zero attached hydrogens (tertiary/aromatic N) is 3. The molecule has 0 unspecified atom stereocenters. The molecule has 0 saturated carbocycles. The maximum atomic E-state index is 14.1. The smallest absolute Gasteiger partial charge is 0.259 e. The zero-order chi connectivity index (χ0) is 23.0. The van der Waals surface area contributed by atoms with Crippen molar-refractivity contribution in [1.29, 1.82) is 0 Å². The number of benzene rings is 2. The molecule has 32 heavy (non-hydrogen) atoms. The van der Waals surface area contributed by atoms with Crippen LogP contribution in [0.3, 0.4) is 0 Å². The van der Waals surface area contributed by atoms with Crippen molar-refractivity contribution in [1.82, 2.24) is 4.90 Å². The number of amides is 2. The van der Waals surface area contributed by atoms with Crippen LogP contribution in [-0.4, -0.2) is 39.0 Å². The van der Waals surface area contributed by atoms with Crippen molar-refractivity contribution >= 4 is 57.6 Å². The highest BCUT2D eigenvalue weighted by Crippen LogP contribution is 2.36. The van der Waals surface area contributed by atoms with E-state index in [0.29, 0.717) is 16.7 Å². The Kier molecular flexibility index (Phi) is 6.35. The van der Waals surface area contributed by atoms with Crippen molar-refractivity contribution in [2.45, 2.75) is 38.5 Å². The normalized spacial score (nSPS) is 19.0. The molecule has 2 heterocycles. The van der Waals surface area contributed by atoms with Crippen LogP contribution in [0, 0.1) is 11.7 Å². The third-order valence-electron chi connectivity index (χ3n) is 5.52. The summed E-state index contributed by atoms with van der Waals surface area (Å²) < 4.78 is 14.1. The zero-order valence-corrected chi connectivity index (χ0v) is 19.4. The average molecular weight is 473 g/mol. The first-order valence-corrected chi connectivity index (χ1v) is 11.6. The third-order valence-corrected chi connectivity index (χ3v) is 6.81. The second-order valence-corrected chi connectivity index (χ2v) is 9.49. The van der Waals surface area contributed by atoms with Crippen LogP contribution in [-0.2, 0) is 9.59 Å². The number of aliphatic imine (C=N–C) groups is 2. The molecule has 3 atom stereocenters. The first-order valence-electron chi connectivity index (χ1n) is 10.3. The maximum absolute atomic E-state index is 14.1. The largest absolute Gasteiger partial charge is 0.323 e. The Bertz CT molecular complexity index is 1150. The predicted octanol–water partition coefficient (Wildman–Crippen LogP) is 5.24. The summed E-state index contributed by atoms with van der Waals surface area (Å²) in [6.07, 6.45) is 0.813.